The maximum absolute atomic E-state index is 10.5. The lowest BCUT2D eigenvalue weighted by Crippen LogP contribution is -2.17. The molecule has 2 aromatic carbocycles. The van der Waals surface area contributed by atoms with Crippen LogP contribution < -0.4 is 15.3 Å². The molecule has 0 aromatic heterocycles. The van der Waals surface area contributed by atoms with Crippen molar-refractivity contribution in [1.82, 2.24) is 0 Å². The number of hydrogen-bond acceptors (Lipinski definition) is 2. The van der Waals surface area contributed by atoms with Crippen molar-refractivity contribution >= 4 is 27.2 Å². The SMILES string of the molecule is CC(C)Oc1ccccc1P(O)c1ccccc1.[B]. The van der Waals surface area contributed by atoms with Crippen molar-refractivity contribution < 1.29 is 9.63 Å². The molecule has 3 radical (unpaired) electrons. The molecule has 0 aliphatic carbocycles. The summed E-state index contributed by atoms with van der Waals surface area (Å²) in [6.07, 6.45) is 0.102. The highest BCUT2D eigenvalue weighted by Gasteiger charge is 2.15. The molecule has 0 spiro atoms. The van der Waals surface area contributed by atoms with Crippen molar-refractivity contribution in [2.45, 2.75) is 20.0 Å². The van der Waals surface area contributed by atoms with Crippen molar-refractivity contribution in [3.63, 3.8) is 0 Å². The average Bonchev–Trinajstić information content (AvgIpc) is 2.39. The zero-order chi connectivity index (χ0) is 13.0. The molecule has 0 amide bonds. The van der Waals surface area contributed by atoms with Crippen LogP contribution in [0.5, 0.6) is 5.75 Å². The van der Waals surface area contributed by atoms with Gasteiger partial charge >= 0.3 is 0 Å². The highest BCUT2D eigenvalue weighted by Crippen LogP contribution is 2.32. The Morgan fingerprint density at radius 2 is 1.53 bits per heavy atom. The highest BCUT2D eigenvalue weighted by atomic mass is 31.1. The Hall–Kier alpha value is -1.31. The molecule has 4 heteroatoms. The Bertz CT molecular complexity index is 503. The maximum Gasteiger partial charge on any atom is 0.129 e. The van der Waals surface area contributed by atoms with E-state index in [2.05, 4.69) is 0 Å². The van der Waals surface area contributed by atoms with Crippen molar-refractivity contribution in [3.8, 4) is 5.75 Å². The third kappa shape index (κ3) is 4.09. The lowest BCUT2D eigenvalue weighted by atomic mass is 10.3. The van der Waals surface area contributed by atoms with Crippen LogP contribution in [0.2, 0.25) is 0 Å². The van der Waals surface area contributed by atoms with E-state index in [9.17, 15) is 4.89 Å². The third-order valence-corrected chi connectivity index (χ3v) is 4.07. The minimum atomic E-state index is -1.35. The number of rotatable bonds is 4. The molecular formula is C15H17BO2P. The quantitative estimate of drug-likeness (QED) is 0.683. The lowest BCUT2D eigenvalue weighted by molar-refractivity contribution is 0.244. The Morgan fingerprint density at radius 3 is 2.16 bits per heavy atom. The van der Waals surface area contributed by atoms with Gasteiger partial charge in [-0.2, -0.15) is 0 Å². The summed E-state index contributed by atoms with van der Waals surface area (Å²) in [4.78, 5) is 10.5. The number of benzene rings is 2. The van der Waals surface area contributed by atoms with E-state index in [1.54, 1.807) is 0 Å². The van der Waals surface area contributed by atoms with Crippen LogP contribution in [-0.2, 0) is 0 Å². The number of ether oxygens (including phenoxy) is 1. The second-order valence-electron chi connectivity index (χ2n) is 4.28. The summed E-state index contributed by atoms with van der Waals surface area (Å²) in [5, 5.41) is 1.81. The first-order valence-corrected chi connectivity index (χ1v) is 7.27. The van der Waals surface area contributed by atoms with Crippen molar-refractivity contribution in [3.05, 3.63) is 54.6 Å². The van der Waals surface area contributed by atoms with E-state index in [0.29, 0.717) is 0 Å². The maximum atomic E-state index is 10.5. The number of hydrogen-bond donors (Lipinski definition) is 1. The smallest absolute Gasteiger partial charge is 0.129 e. The molecule has 19 heavy (non-hydrogen) atoms. The zero-order valence-corrected chi connectivity index (χ0v) is 12.0. The van der Waals surface area contributed by atoms with Crippen LogP contribution in [0.4, 0.5) is 0 Å². The van der Waals surface area contributed by atoms with E-state index >= 15 is 0 Å². The fraction of sp³-hybridized carbons (Fsp3) is 0.200. The van der Waals surface area contributed by atoms with E-state index in [1.165, 1.54) is 0 Å². The minimum absolute atomic E-state index is 0. The molecule has 0 saturated heterocycles. The molecule has 0 bridgehead atoms. The predicted octanol–water partition coefficient (Wildman–Crippen LogP) is 2.43. The highest BCUT2D eigenvalue weighted by molar-refractivity contribution is 7.67. The fourth-order valence-corrected chi connectivity index (χ4v) is 2.99. The van der Waals surface area contributed by atoms with E-state index in [0.717, 1.165) is 16.4 Å². The van der Waals surface area contributed by atoms with E-state index in [-0.39, 0.29) is 14.5 Å². The summed E-state index contributed by atoms with van der Waals surface area (Å²) < 4.78 is 5.74. The summed E-state index contributed by atoms with van der Waals surface area (Å²) in [6, 6.07) is 17.4. The molecular weight excluding hydrogens is 254 g/mol. The first-order chi connectivity index (χ1) is 8.68. The van der Waals surface area contributed by atoms with Gasteiger partial charge in [0.05, 0.1) is 14.3 Å². The van der Waals surface area contributed by atoms with Gasteiger partial charge in [0.15, 0.2) is 0 Å². The fourth-order valence-electron chi connectivity index (χ4n) is 1.69. The van der Waals surface area contributed by atoms with Crippen LogP contribution >= 0.6 is 8.15 Å². The van der Waals surface area contributed by atoms with E-state index in [1.807, 2.05) is 68.4 Å². The minimum Gasteiger partial charge on any atom is -0.490 e. The van der Waals surface area contributed by atoms with Gasteiger partial charge in [-0.3, -0.25) is 0 Å². The van der Waals surface area contributed by atoms with Crippen LogP contribution in [0.3, 0.4) is 0 Å². The first-order valence-electron chi connectivity index (χ1n) is 5.98. The van der Waals surface area contributed by atoms with Crippen LogP contribution in [-0.4, -0.2) is 19.4 Å². The van der Waals surface area contributed by atoms with Crippen LogP contribution in [0.25, 0.3) is 0 Å². The van der Waals surface area contributed by atoms with Gasteiger partial charge in [0.2, 0.25) is 0 Å². The summed E-state index contributed by atoms with van der Waals surface area (Å²) in [5.41, 5.74) is 0. The predicted molar refractivity (Wildman–Crippen MR) is 82.8 cm³/mol. The van der Waals surface area contributed by atoms with E-state index in [4.69, 9.17) is 4.74 Å². The summed E-state index contributed by atoms with van der Waals surface area (Å²) in [6.45, 7) is 3.97. The Kier molecular flexibility index (Phi) is 6.07. The molecule has 1 unspecified atom stereocenters. The topological polar surface area (TPSA) is 29.5 Å². The molecule has 0 aliphatic heterocycles. The van der Waals surface area contributed by atoms with Gasteiger partial charge in [-0.15, -0.1) is 0 Å². The summed E-state index contributed by atoms with van der Waals surface area (Å²) >= 11 is 0. The largest absolute Gasteiger partial charge is 0.490 e. The third-order valence-electron chi connectivity index (χ3n) is 2.46. The Morgan fingerprint density at radius 1 is 0.947 bits per heavy atom. The van der Waals surface area contributed by atoms with E-state index < -0.39 is 8.15 Å². The second-order valence-corrected chi connectivity index (χ2v) is 5.90. The molecule has 0 heterocycles. The molecule has 97 valence electrons. The number of para-hydroxylation sites is 1. The zero-order valence-electron chi connectivity index (χ0n) is 11.2. The molecule has 1 atom stereocenters. The Labute approximate surface area is 117 Å². The lowest BCUT2D eigenvalue weighted by Gasteiger charge is -2.17. The van der Waals surface area contributed by atoms with Crippen LogP contribution in [0.15, 0.2) is 54.6 Å². The standard InChI is InChI=1S/C15H17O2P.B/c1-12(2)17-14-10-6-7-11-15(14)18(16)13-8-4-3-5-9-13;/h3-12,16H,1-2H3;. The van der Waals surface area contributed by atoms with Gasteiger partial charge in [-0.25, -0.2) is 0 Å². The molecule has 2 nitrogen and oxygen atoms in total. The average molecular weight is 271 g/mol. The monoisotopic (exact) mass is 271 g/mol. The van der Waals surface area contributed by atoms with Crippen molar-refractivity contribution in [2.75, 3.05) is 0 Å². The van der Waals surface area contributed by atoms with Gasteiger partial charge in [0.25, 0.3) is 0 Å². The molecule has 2 rings (SSSR count). The summed E-state index contributed by atoms with van der Waals surface area (Å²) in [5.74, 6) is 0.768. The van der Waals surface area contributed by atoms with Gasteiger partial charge in [-0.1, -0.05) is 42.5 Å². The normalized spacial score (nSPS) is 11.8. The molecule has 1 N–H and O–H groups in total. The van der Waals surface area contributed by atoms with Gasteiger partial charge in [0, 0.05) is 19.0 Å². The van der Waals surface area contributed by atoms with Crippen LogP contribution in [0.1, 0.15) is 13.8 Å². The molecule has 0 fully saturated rings. The molecule has 0 aliphatic rings. The van der Waals surface area contributed by atoms with Gasteiger partial charge < -0.3 is 9.63 Å². The molecule has 0 saturated carbocycles. The molecule has 2 aromatic rings. The van der Waals surface area contributed by atoms with Crippen LogP contribution in [0, 0.1) is 0 Å². The Balaban J connectivity index is 0.00000180. The first kappa shape index (κ1) is 15.8. The van der Waals surface area contributed by atoms with Crippen molar-refractivity contribution in [1.29, 1.82) is 0 Å². The van der Waals surface area contributed by atoms with Gasteiger partial charge in [0.1, 0.15) is 5.75 Å². The second kappa shape index (κ2) is 7.32. The van der Waals surface area contributed by atoms with Gasteiger partial charge in [-0.05, 0) is 26.0 Å². The summed E-state index contributed by atoms with van der Waals surface area (Å²) in [7, 11) is -1.35. The van der Waals surface area contributed by atoms with Crippen molar-refractivity contribution in [2.24, 2.45) is 0 Å².